The van der Waals surface area contributed by atoms with E-state index in [-0.39, 0.29) is 6.04 Å². The molecule has 1 aliphatic rings. The number of piperazine rings is 1. The first-order valence-corrected chi connectivity index (χ1v) is 11.1. The third kappa shape index (κ3) is 4.36. The van der Waals surface area contributed by atoms with Gasteiger partial charge in [0.15, 0.2) is 0 Å². The number of rotatable bonds is 6. The lowest BCUT2D eigenvalue weighted by Gasteiger charge is -2.35. The molecule has 0 atom stereocenters. The Morgan fingerprint density at radius 2 is 1.91 bits per heavy atom. The Labute approximate surface area is 189 Å². The molecule has 1 aromatic carbocycles. The zero-order valence-electron chi connectivity index (χ0n) is 19.6. The standard InChI is InChI=1S/C24H32N8/c1-16(2)32-15-27-20-8-7-19-14-26-24(29-22(19)23(20)32)28-21(25-5)13-17(3)18(4)31-11-9-30(6)10-12-31/h7-8,13-16H,5,9-12H2,1-4,6H3,(H,26,28,29)/b18-17+,21-13+. The summed E-state index contributed by atoms with van der Waals surface area (Å²) in [5, 5.41) is 4.22. The molecule has 1 saturated heterocycles. The number of aliphatic imine (C=N–C) groups is 1. The van der Waals surface area contributed by atoms with Gasteiger partial charge in [0.25, 0.3) is 0 Å². The van der Waals surface area contributed by atoms with E-state index in [0.29, 0.717) is 11.8 Å². The Hall–Kier alpha value is -3.26. The first kappa shape index (κ1) is 22.0. The van der Waals surface area contributed by atoms with Gasteiger partial charge in [0.1, 0.15) is 11.3 Å². The topological polar surface area (TPSA) is 74.5 Å². The van der Waals surface area contributed by atoms with Crippen LogP contribution in [0.1, 0.15) is 33.7 Å². The normalized spacial score (nSPS) is 16.7. The number of likely N-dealkylation sites (N-methyl/N-ethyl adjacent to an activating group) is 1. The molecule has 0 amide bonds. The van der Waals surface area contributed by atoms with Gasteiger partial charge in [-0.1, -0.05) is 0 Å². The smallest absolute Gasteiger partial charge is 0.228 e. The van der Waals surface area contributed by atoms with Crippen molar-refractivity contribution in [1.82, 2.24) is 29.3 Å². The highest BCUT2D eigenvalue weighted by molar-refractivity contribution is 6.02. The zero-order chi connectivity index (χ0) is 22.8. The average Bonchev–Trinajstić information content (AvgIpc) is 3.23. The van der Waals surface area contributed by atoms with Crippen molar-refractivity contribution >= 4 is 34.6 Å². The summed E-state index contributed by atoms with van der Waals surface area (Å²) in [6, 6.07) is 4.31. The van der Waals surface area contributed by atoms with Gasteiger partial charge < -0.3 is 19.7 Å². The van der Waals surface area contributed by atoms with Crippen molar-refractivity contribution in [2.24, 2.45) is 4.99 Å². The van der Waals surface area contributed by atoms with E-state index in [4.69, 9.17) is 4.98 Å². The third-order valence-corrected chi connectivity index (χ3v) is 6.15. The third-order valence-electron chi connectivity index (χ3n) is 6.15. The molecule has 32 heavy (non-hydrogen) atoms. The monoisotopic (exact) mass is 432 g/mol. The van der Waals surface area contributed by atoms with Gasteiger partial charge in [0.05, 0.1) is 17.4 Å². The number of anilines is 1. The molecule has 0 bridgehead atoms. The summed E-state index contributed by atoms with van der Waals surface area (Å²) in [5.74, 6) is 1.12. The fraction of sp³-hybridized carbons (Fsp3) is 0.417. The van der Waals surface area contributed by atoms with Crippen LogP contribution in [0.2, 0.25) is 0 Å². The van der Waals surface area contributed by atoms with Crippen LogP contribution >= 0.6 is 0 Å². The summed E-state index contributed by atoms with van der Waals surface area (Å²) in [4.78, 5) is 22.8. The van der Waals surface area contributed by atoms with E-state index in [0.717, 1.165) is 53.7 Å². The molecular weight excluding hydrogens is 400 g/mol. The van der Waals surface area contributed by atoms with Crippen molar-refractivity contribution < 1.29 is 0 Å². The molecule has 1 aliphatic heterocycles. The number of nitrogens with one attached hydrogen (secondary N) is 1. The maximum atomic E-state index is 4.81. The van der Waals surface area contributed by atoms with Crippen LogP contribution in [0.5, 0.6) is 0 Å². The van der Waals surface area contributed by atoms with Crippen molar-refractivity contribution in [3.05, 3.63) is 47.8 Å². The van der Waals surface area contributed by atoms with E-state index in [9.17, 15) is 0 Å². The molecular formula is C24H32N8. The van der Waals surface area contributed by atoms with Crippen LogP contribution in [-0.2, 0) is 0 Å². The van der Waals surface area contributed by atoms with Gasteiger partial charge in [-0.05, 0) is 65.2 Å². The quantitative estimate of drug-likeness (QED) is 0.468. The molecule has 3 aromatic rings. The van der Waals surface area contributed by atoms with Gasteiger partial charge in [0.2, 0.25) is 5.95 Å². The number of benzene rings is 1. The van der Waals surface area contributed by atoms with Crippen LogP contribution in [0.4, 0.5) is 5.95 Å². The lowest BCUT2D eigenvalue weighted by Crippen LogP contribution is -2.43. The molecule has 0 radical (unpaired) electrons. The molecule has 8 heteroatoms. The molecule has 1 N–H and O–H groups in total. The summed E-state index contributed by atoms with van der Waals surface area (Å²) >= 11 is 0. The number of aromatic nitrogens is 4. The van der Waals surface area contributed by atoms with Crippen LogP contribution in [-0.4, -0.2) is 69.3 Å². The molecule has 4 rings (SSSR count). The summed E-state index contributed by atoms with van der Waals surface area (Å²) in [5.41, 5.74) is 5.21. The number of hydrogen-bond donors (Lipinski definition) is 1. The second-order valence-electron chi connectivity index (χ2n) is 8.68. The molecule has 2 aromatic heterocycles. The molecule has 0 aliphatic carbocycles. The molecule has 8 nitrogen and oxygen atoms in total. The molecule has 0 unspecified atom stereocenters. The van der Waals surface area contributed by atoms with Crippen LogP contribution in [0.15, 0.2) is 52.8 Å². The van der Waals surface area contributed by atoms with Crippen LogP contribution < -0.4 is 5.32 Å². The highest BCUT2D eigenvalue weighted by Gasteiger charge is 2.15. The molecule has 168 valence electrons. The minimum absolute atomic E-state index is 0.285. The maximum Gasteiger partial charge on any atom is 0.228 e. The Morgan fingerprint density at radius 1 is 1.16 bits per heavy atom. The zero-order valence-corrected chi connectivity index (χ0v) is 19.6. The lowest BCUT2D eigenvalue weighted by molar-refractivity contribution is 0.185. The van der Waals surface area contributed by atoms with Gasteiger partial charge in [-0.25, -0.2) is 19.9 Å². The second kappa shape index (κ2) is 9.08. The first-order chi connectivity index (χ1) is 15.4. The Morgan fingerprint density at radius 3 is 2.59 bits per heavy atom. The highest BCUT2D eigenvalue weighted by Crippen LogP contribution is 2.26. The molecule has 0 saturated carbocycles. The number of hydrogen-bond acceptors (Lipinski definition) is 7. The Bertz CT molecular complexity index is 1200. The Balaban J connectivity index is 1.65. The van der Waals surface area contributed by atoms with Crippen molar-refractivity contribution in [3.63, 3.8) is 0 Å². The van der Waals surface area contributed by atoms with Crippen molar-refractivity contribution in [3.8, 4) is 0 Å². The average molecular weight is 433 g/mol. The van der Waals surface area contributed by atoms with E-state index in [1.165, 1.54) is 5.70 Å². The van der Waals surface area contributed by atoms with Gasteiger partial charge in [-0.15, -0.1) is 0 Å². The van der Waals surface area contributed by atoms with Crippen molar-refractivity contribution in [2.75, 3.05) is 38.5 Å². The van der Waals surface area contributed by atoms with Gasteiger partial charge in [0, 0.05) is 49.5 Å². The molecule has 1 fully saturated rings. The minimum Gasteiger partial charge on any atom is -0.372 e. The van der Waals surface area contributed by atoms with E-state index >= 15 is 0 Å². The number of allylic oxidation sites excluding steroid dienone is 3. The van der Waals surface area contributed by atoms with Crippen LogP contribution in [0, 0.1) is 0 Å². The fourth-order valence-corrected chi connectivity index (χ4v) is 4.00. The summed E-state index contributed by atoms with van der Waals surface area (Å²) in [7, 11) is 2.16. The number of imidazole rings is 1. The highest BCUT2D eigenvalue weighted by atomic mass is 15.2. The number of fused-ring (bicyclic) bond motifs is 3. The van der Waals surface area contributed by atoms with E-state index in [1.807, 2.05) is 30.7 Å². The van der Waals surface area contributed by atoms with Crippen molar-refractivity contribution in [1.29, 1.82) is 0 Å². The van der Waals surface area contributed by atoms with E-state index in [2.05, 4.69) is 76.1 Å². The summed E-state index contributed by atoms with van der Waals surface area (Å²) in [6.45, 7) is 16.5. The maximum absolute atomic E-state index is 4.81. The Kier molecular flexibility index (Phi) is 6.23. The van der Waals surface area contributed by atoms with Crippen LogP contribution in [0.25, 0.3) is 21.9 Å². The SMILES string of the molecule is C=N/C(=C\C(C)=C(/C)N1CCN(C)CC1)Nc1ncc2ccc3ncn(C(C)C)c3c2n1. The number of nitrogens with zero attached hydrogens (tertiary/aromatic N) is 7. The second-order valence-corrected chi connectivity index (χ2v) is 8.68. The largest absolute Gasteiger partial charge is 0.372 e. The van der Waals surface area contributed by atoms with Gasteiger partial charge in [-0.3, -0.25) is 0 Å². The van der Waals surface area contributed by atoms with Crippen LogP contribution in [0.3, 0.4) is 0 Å². The summed E-state index contributed by atoms with van der Waals surface area (Å²) in [6.07, 6.45) is 5.71. The van der Waals surface area contributed by atoms with E-state index in [1.54, 1.807) is 0 Å². The fourth-order valence-electron chi connectivity index (χ4n) is 4.00. The lowest BCUT2D eigenvalue weighted by atomic mass is 10.2. The predicted molar refractivity (Wildman–Crippen MR) is 132 cm³/mol. The van der Waals surface area contributed by atoms with Gasteiger partial charge in [-0.2, -0.15) is 0 Å². The minimum atomic E-state index is 0.285. The summed E-state index contributed by atoms with van der Waals surface area (Å²) < 4.78 is 2.14. The predicted octanol–water partition coefficient (Wildman–Crippen LogP) is 4.06. The van der Waals surface area contributed by atoms with Crippen molar-refractivity contribution in [2.45, 2.75) is 33.7 Å². The van der Waals surface area contributed by atoms with E-state index < -0.39 is 0 Å². The molecule has 0 spiro atoms. The molecule has 3 heterocycles. The first-order valence-electron chi connectivity index (χ1n) is 11.1. The van der Waals surface area contributed by atoms with Gasteiger partial charge >= 0.3 is 0 Å².